The third kappa shape index (κ3) is 6.23. The van der Waals surface area contributed by atoms with Gasteiger partial charge in [0, 0.05) is 25.5 Å². The average Bonchev–Trinajstić information content (AvgIpc) is 2.83. The van der Waals surface area contributed by atoms with Crippen molar-refractivity contribution in [1.29, 1.82) is 0 Å². The Morgan fingerprint density at radius 2 is 1.67 bits per heavy atom. The van der Waals surface area contributed by atoms with E-state index in [1.54, 1.807) is 17.3 Å². The number of hydrogen-bond donors (Lipinski definition) is 0. The zero-order valence-electron chi connectivity index (χ0n) is 11.4. The summed E-state index contributed by atoms with van der Waals surface area (Å²) in [5.41, 5.74) is -0.361. The molecule has 0 unspecified atom stereocenters. The van der Waals surface area contributed by atoms with Crippen LogP contribution in [0.5, 0.6) is 0 Å². The highest BCUT2D eigenvalue weighted by Crippen LogP contribution is 2.14. The number of hydrogen-bond acceptors (Lipinski definition) is 3. The lowest BCUT2D eigenvalue weighted by molar-refractivity contribution is 0.0295. The quantitative estimate of drug-likeness (QED) is 0.710. The number of carbonyl (C=O) groups excluding carboxylic acids is 1. The molecule has 0 atom stereocenters. The molecule has 0 aliphatic carbocycles. The van der Waals surface area contributed by atoms with Gasteiger partial charge in [-0.15, -0.1) is 0 Å². The van der Waals surface area contributed by atoms with Crippen LogP contribution in [0.1, 0.15) is 33.6 Å². The summed E-state index contributed by atoms with van der Waals surface area (Å²) in [7, 11) is 0. The van der Waals surface area contributed by atoms with Crippen molar-refractivity contribution in [2.24, 2.45) is 0 Å². The van der Waals surface area contributed by atoms with Crippen molar-refractivity contribution in [2.45, 2.75) is 39.2 Å². The maximum Gasteiger partial charge on any atom is 0.410 e. The Labute approximate surface area is 109 Å². The van der Waals surface area contributed by atoms with E-state index in [0.29, 0.717) is 0 Å². The molecule has 1 amide bonds. The molecule has 1 aliphatic rings. The number of ether oxygens (including phenoxy) is 1. The molecule has 4 heteroatoms. The molecule has 0 N–H and O–H groups in total. The van der Waals surface area contributed by atoms with E-state index in [2.05, 4.69) is 4.98 Å². The number of likely N-dealkylation sites (tertiary alicyclic amines) is 1. The highest BCUT2D eigenvalue weighted by Gasteiger charge is 2.23. The van der Waals surface area contributed by atoms with Gasteiger partial charge < -0.3 is 9.64 Å². The summed E-state index contributed by atoms with van der Waals surface area (Å²) in [6, 6.07) is 5.72. The molecule has 100 valence electrons. The molecule has 18 heavy (non-hydrogen) atoms. The number of carbonyl (C=O) groups is 1. The van der Waals surface area contributed by atoms with E-state index in [9.17, 15) is 4.79 Å². The SMILES string of the molecule is CC(C)(C)OC(=O)N1CCCC1.c1ccncc1. The number of pyridine rings is 1. The summed E-state index contributed by atoms with van der Waals surface area (Å²) in [5, 5.41) is 0. The van der Waals surface area contributed by atoms with E-state index in [1.165, 1.54) is 0 Å². The van der Waals surface area contributed by atoms with Crippen molar-refractivity contribution in [3.8, 4) is 0 Å². The van der Waals surface area contributed by atoms with Crippen molar-refractivity contribution in [2.75, 3.05) is 13.1 Å². The Morgan fingerprint density at radius 1 is 1.11 bits per heavy atom. The van der Waals surface area contributed by atoms with Crippen molar-refractivity contribution in [3.05, 3.63) is 30.6 Å². The van der Waals surface area contributed by atoms with Crippen LogP contribution >= 0.6 is 0 Å². The van der Waals surface area contributed by atoms with Crippen LogP contribution in [0.15, 0.2) is 30.6 Å². The van der Waals surface area contributed by atoms with E-state index in [-0.39, 0.29) is 11.7 Å². The third-order valence-electron chi connectivity index (χ3n) is 2.32. The molecule has 0 bridgehead atoms. The van der Waals surface area contributed by atoms with E-state index in [0.717, 1.165) is 25.9 Å². The monoisotopic (exact) mass is 250 g/mol. The van der Waals surface area contributed by atoms with Gasteiger partial charge in [0.2, 0.25) is 0 Å². The molecular weight excluding hydrogens is 228 g/mol. The molecule has 0 saturated carbocycles. The number of nitrogens with zero attached hydrogens (tertiary/aromatic N) is 2. The Bertz CT molecular complexity index is 314. The predicted octanol–water partition coefficient (Wildman–Crippen LogP) is 3.10. The average molecular weight is 250 g/mol. The van der Waals surface area contributed by atoms with Gasteiger partial charge >= 0.3 is 6.09 Å². The molecule has 1 fully saturated rings. The fraction of sp³-hybridized carbons (Fsp3) is 0.571. The summed E-state index contributed by atoms with van der Waals surface area (Å²) in [6.07, 6.45) is 5.55. The first-order valence-electron chi connectivity index (χ1n) is 6.32. The van der Waals surface area contributed by atoms with E-state index >= 15 is 0 Å². The van der Waals surface area contributed by atoms with Crippen molar-refractivity contribution in [3.63, 3.8) is 0 Å². The van der Waals surface area contributed by atoms with Gasteiger partial charge in [-0.05, 0) is 45.7 Å². The molecule has 1 saturated heterocycles. The topological polar surface area (TPSA) is 42.4 Å². The second-order valence-electron chi connectivity index (χ2n) is 5.20. The lowest BCUT2D eigenvalue weighted by Crippen LogP contribution is -2.34. The van der Waals surface area contributed by atoms with E-state index in [1.807, 2.05) is 39.0 Å². The van der Waals surface area contributed by atoms with Crippen LogP contribution in [0.3, 0.4) is 0 Å². The van der Waals surface area contributed by atoms with Crippen LogP contribution in [-0.4, -0.2) is 34.7 Å². The fourth-order valence-corrected chi connectivity index (χ4v) is 1.54. The second kappa shape index (κ2) is 6.99. The second-order valence-corrected chi connectivity index (χ2v) is 5.20. The molecule has 0 aromatic carbocycles. The summed E-state index contributed by atoms with van der Waals surface area (Å²) in [4.78, 5) is 16.9. The van der Waals surface area contributed by atoms with Crippen molar-refractivity contribution in [1.82, 2.24) is 9.88 Å². The molecule has 2 rings (SSSR count). The Kier molecular flexibility index (Phi) is 5.62. The van der Waals surface area contributed by atoms with Gasteiger partial charge in [0.15, 0.2) is 0 Å². The van der Waals surface area contributed by atoms with Gasteiger partial charge in [0.05, 0.1) is 0 Å². The molecule has 0 radical (unpaired) electrons. The highest BCUT2D eigenvalue weighted by atomic mass is 16.6. The first-order valence-corrected chi connectivity index (χ1v) is 6.32. The van der Waals surface area contributed by atoms with Crippen LogP contribution in [0.25, 0.3) is 0 Å². The Morgan fingerprint density at radius 3 is 2.00 bits per heavy atom. The summed E-state index contributed by atoms with van der Waals surface area (Å²) in [5.74, 6) is 0. The maximum atomic E-state index is 11.4. The van der Waals surface area contributed by atoms with Gasteiger partial charge in [0.1, 0.15) is 5.60 Å². The lowest BCUT2D eigenvalue weighted by Gasteiger charge is -2.23. The van der Waals surface area contributed by atoms with Gasteiger partial charge in [-0.1, -0.05) is 6.07 Å². The Hall–Kier alpha value is -1.58. The number of rotatable bonds is 0. The maximum absolute atomic E-state index is 11.4. The highest BCUT2D eigenvalue weighted by molar-refractivity contribution is 5.68. The molecule has 4 nitrogen and oxygen atoms in total. The summed E-state index contributed by atoms with van der Waals surface area (Å²) >= 11 is 0. The van der Waals surface area contributed by atoms with Crippen molar-refractivity contribution < 1.29 is 9.53 Å². The fourth-order valence-electron chi connectivity index (χ4n) is 1.54. The van der Waals surface area contributed by atoms with Gasteiger partial charge in [0.25, 0.3) is 0 Å². The first-order chi connectivity index (χ1) is 8.49. The number of aromatic nitrogens is 1. The first kappa shape index (κ1) is 14.5. The molecule has 2 heterocycles. The van der Waals surface area contributed by atoms with Crippen LogP contribution < -0.4 is 0 Å². The largest absolute Gasteiger partial charge is 0.444 e. The molecule has 1 aliphatic heterocycles. The smallest absolute Gasteiger partial charge is 0.410 e. The minimum absolute atomic E-state index is 0.167. The van der Waals surface area contributed by atoms with Gasteiger partial charge in [-0.25, -0.2) is 4.79 Å². The third-order valence-corrected chi connectivity index (χ3v) is 2.32. The van der Waals surface area contributed by atoms with Crippen LogP contribution in [0.4, 0.5) is 4.79 Å². The van der Waals surface area contributed by atoms with Crippen LogP contribution in [0.2, 0.25) is 0 Å². The van der Waals surface area contributed by atoms with Crippen molar-refractivity contribution >= 4 is 6.09 Å². The zero-order valence-corrected chi connectivity index (χ0v) is 11.4. The lowest BCUT2D eigenvalue weighted by atomic mass is 10.2. The summed E-state index contributed by atoms with van der Waals surface area (Å²) in [6.45, 7) is 7.38. The predicted molar refractivity (Wildman–Crippen MR) is 71.3 cm³/mol. The number of amides is 1. The standard InChI is InChI=1S/C9H17NO2.C5H5N/c1-9(2,3)12-8(11)10-6-4-5-7-10;1-2-4-6-5-3-1/h4-7H2,1-3H3;1-5H. The zero-order chi connectivity index (χ0) is 13.4. The van der Waals surface area contributed by atoms with E-state index in [4.69, 9.17) is 4.74 Å². The minimum Gasteiger partial charge on any atom is -0.444 e. The molecule has 1 aromatic rings. The normalized spacial score (nSPS) is 14.7. The van der Waals surface area contributed by atoms with Gasteiger partial charge in [-0.2, -0.15) is 0 Å². The van der Waals surface area contributed by atoms with Crippen LogP contribution in [0, 0.1) is 0 Å². The molecular formula is C14H22N2O2. The van der Waals surface area contributed by atoms with E-state index < -0.39 is 0 Å². The van der Waals surface area contributed by atoms with Gasteiger partial charge in [-0.3, -0.25) is 4.98 Å². The van der Waals surface area contributed by atoms with Crippen LogP contribution in [-0.2, 0) is 4.74 Å². The summed E-state index contributed by atoms with van der Waals surface area (Å²) < 4.78 is 5.21. The Balaban J connectivity index is 0.000000225. The molecule has 0 spiro atoms. The minimum atomic E-state index is -0.361. The molecule has 1 aromatic heterocycles.